The van der Waals surface area contributed by atoms with Gasteiger partial charge in [0.2, 0.25) is 0 Å². The van der Waals surface area contributed by atoms with Crippen LogP contribution in [0.1, 0.15) is 55.8 Å². The van der Waals surface area contributed by atoms with E-state index in [-0.39, 0.29) is 5.91 Å². The van der Waals surface area contributed by atoms with E-state index in [1.165, 1.54) is 12.8 Å². The average Bonchev–Trinajstić information content (AvgIpc) is 3.32. The fraction of sp³-hybridized carbons (Fsp3) is 0.737. The van der Waals surface area contributed by atoms with Gasteiger partial charge in [-0.1, -0.05) is 13.8 Å². The minimum Gasteiger partial charge on any atom is -0.455 e. The van der Waals surface area contributed by atoms with Crippen molar-refractivity contribution < 1.29 is 9.21 Å². The van der Waals surface area contributed by atoms with Crippen molar-refractivity contribution in [2.24, 2.45) is 0 Å². The maximum atomic E-state index is 13.0. The SMILES string of the molecule is CCN(CC)Cc1ccc(C(=O)N2CCCC2C2CCCN2C)o1. The summed E-state index contributed by atoms with van der Waals surface area (Å²) < 4.78 is 5.88. The molecule has 134 valence electrons. The second kappa shape index (κ2) is 7.70. The van der Waals surface area contributed by atoms with Gasteiger partial charge in [0, 0.05) is 18.6 Å². The van der Waals surface area contributed by atoms with Gasteiger partial charge < -0.3 is 14.2 Å². The molecule has 2 fully saturated rings. The van der Waals surface area contributed by atoms with Crippen molar-refractivity contribution in [3.05, 3.63) is 23.7 Å². The van der Waals surface area contributed by atoms with Crippen LogP contribution in [0.2, 0.25) is 0 Å². The molecule has 2 unspecified atom stereocenters. The molecule has 0 saturated carbocycles. The van der Waals surface area contributed by atoms with Crippen LogP contribution in [-0.4, -0.2) is 65.9 Å². The van der Waals surface area contributed by atoms with E-state index >= 15 is 0 Å². The zero-order chi connectivity index (χ0) is 17.1. The number of hydrogen-bond acceptors (Lipinski definition) is 4. The Hall–Kier alpha value is -1.33. The number of rotatable bonds is 6. The summed E-state index contributed by atoms with van der Waals surface area (Å²) in [5.74, 6) is 1.46. The zero-order valence-corrected chi connectivity index (χ0v) is 15.3. The van der Waals surface area contributed by atoms with Gasteiger partial charge in [-0.3, -0.25) is 9.69 Å². The van der Waals surface area contributed by atoms with Crippen LogP contribution in [0.3, 0.4) is 0 Å². The molecule has 1 aromatic heterocycles. The second-order valence-corrected chi connectivity index (χ2v) is 7.13. The van der Waals surface area contributed by atoms with Crippen LogP contribution < -0.4 is 0 Å². The van der Waals surface area contributed by atoms with Gasteiger partial charge in [-0.05, 0) is 64.5 Å². The Morgan fingerprint density at radius 2 is 1.88 bits per heavy atom. The summed E-state index contributed by atoms with van der Waals surface area (Å²) in [5.41, 5.74) is 0. The quantitative estimate of drug-likeness (QED) is 0.802. The highest BCUT2D eigenvalue weighted by Gasteiger charge is 2.39. The molecule has 0 aromatic carbocycles. The molecule has 0 N–H and O–H groups in total. The highest BCUT2D eigenvalue weighted by atomic mass is 16.4. The van der Waals surface area contributed by atoms with E-state index in [1.807, 2.05) is 12.1 Å². The zero-order valence-electron chi connectivity index (χ0n) is 15.3. The van der Waals surface area contributed by atoms with Crippen molar-refractivity contribution in [3.63, 3.8) is 0 Å². The molecule has 2 saturated heterocycles. The van der Waals surface area contributed by atoms with Crippen molar-refractivity contribution in [2.75, 3.05) is 33.2 Å². The number of carbonyl (C=O) groups is 1. The Kier molecular flexibility index (Phi) is 5.61. The van der Waals surface area contributed by atoms with Crippen LogP contribution in [0.5, 0.6) is 0 Å². The predicted octanol–water partition coefficient (Wildman–Crippen LogP) is 2.82. The number of amides is 1. The van der Waals surface area contributed by atoms with Crippen LogP contribution in [-0.2, 0) is 6.54 Å². The number of likely N-dealkylation sites (N-methyl/N-ethyl adjacent to an activating group) is 1. The lowest BCUT2D eigenvalue weighted by atomic mass is 10.0. The van der Waals surface area contributed by atoms with Crippen LogP contribution in [0.15, 0.2) is 16.5 Å². The second-order valence-electron chi connectivity index (χ2n) is 7.13. The number of hydrogen-bond donors (Lipinski definition) is 0. The van der Waals surface area contributed by atoms with Gasteiger partial charge in [0.15, 0.2) is 5.76 Å². The highest BCUT2D eigenvalue weighted by molar-refractivity contribution is 5.92. The van der Waals surface area contributed by atoms with Gasteiger partial charge >= 0.3 is 0 Å². The Bertz CT molecular complexity index is 553. The Labute approximate surface area is 145 Å². The first-order valence-corrected chi connectivity index (χ1v) is 9.46. The van der Waals surface area contributed by atoms with E-state index in [0.717, 1.165) is 51.3 Å². The van der Waals surface area contributed by atoms with Crippen LogP contribution in [0.25, 0.3) is 0 Å². The van der Waals surface area contributed by atoms with Gasteiger partial charge in [0.1, 0.15) is 5.76 Å². The summed E-state index contributed by atoms with van der Waals surface area (Å²) in [4.78, 5) is 19.7. The molecule has 1 amide bonds. The molecule has 3 heterocycles. The third-order valence-corrected chi connectivity index (χ3v) is 5.73. The summed E-state index contributed by atoms with van der Waals surface area (Å²) in [5, 5.41) is 0. The molecule has 3 rings (SSSR count). The monoisotopic (exact) mass is 333 g/mol. The molecule has 2 aliphatic rings. The molecular weight excluding hydrogens is 302 g/mol. The lowest BCUT2D eigenvalue weighted by Gasteiger charge is -2.32. The first-order chi connectivity index (χ1) is 11.6. The maximum absolute atomic E-state index is 13.0. The Morgan fingerprint density at radius 3 is 2.54 bits per heavy atom. The molecule has 0 bridgehead atoms. The summed E-state index contributed by atoms with van der Waals surface area (Å²) in [7, 11) is 2.19. The van der Waals surface area contributed by atoms with Crippen LogP contribution in [0.4, 0.5) is 0 Å². The van der Waals surface area contributed by atoms with Crippen molar-refractivity contribution >= 4 is 5.91 Å². The molecular formula is C19H31N3O2. The van der Waals surface area contributed by atoms with Crippen molar-refractivity contribution in [1.29, 1.82) is 0 Å². The molecule has 0 aliphatic carbocycles. The third kappa shape index (κ3) is 3.52. The van der Waals surface area contributed by atoms with Crippen molar-refractivity contribution in [2.45, 2.75) is 58.2 Å². The van der Waals surface area contributed by atoms with Crippen LogP contribution in [0, 0.1) is 0 Å². The smallest absolute Gasteiger partial charge is 0.289 e. The molecule has 1 aromatic rings. The number of nitrogens with zero attached hydrogens (tertiary/aromatic N) is 3. The third-order valence-electron chi connectivity index (χ3n) is 5.73. The Morgan fingerprint density at radius 1 is 1.17 bits per heavy atom. The normalized spacial score (nSPS) is 25.1. The molecule has 5 heteroatoms. The van der Waals surface area contributed by atoms with Gasteiger partial charge in [-0.2, -0.15) is 0 Å². The van der Waals surface area contributed by atoms with Crippen molar-refractivity contribution in [3.8, 4) is 0 Å². The van der Waals surface area contributed by atoms with Gasteiger partial charge in [-0.15, -0.1) is 0 Å². The molecule has 0 radical (unpaired) electrons. The van der Waals surface area contributed by atoms with Gasteiger partial charge in [-0.25, -0.2) is 0 Å². The number of carbonyl (C=O) groups excluding carboxylic acids is 1. The predicted molar refractivity (Wildman–Crippen MR) is 95.0 cm³/mol. The lowest BCUT2D eigenvalue weighted by Crippen LogP contribution is -2.47. The van der Waals surface area contributed by atoms with Gasteiger partial charge in [0.25, 0.3) is 5.91 Å². The number of furan rings is 1. The maximum Gasteiger partial charge on any atom is 0.289 e. The summed E-state index contributed by atoms with van der Waals surface area (Å²) >= 11 is 0. The molecule has 5 nitrogen and oxygen atoms in total. The molecule has 2 aliphatic heterocycles. The van der Waals surface area contributed by atoms with E-state index in [4.69, 9.17) is 4.42 Å². The summed E-state index contributed by atoms with van der Waals surface area (Å²) in [6.45, 7) is 9.05. The highest BCUT2D eigenvalue weighted by Crippen LogP contribution is 2.30. The van der Waals surface area contributed by atoms with Gasteiger partial charge in [0.05, 0.1) is 6.54 Å². The number of likely N-dealkylation sites (tertiary alicyclic amines) is 2. The topological polar surface area (TPSA) is 39.9 Å². The van der Waals surface area contributed by atoms with E-state index in [2.05, 4.69) is 35.6 Å². The van der Waals surface area contributed by atoms with E-state index in [0.29, 0.717) is 17.8 Å². The lowest BCUT2D eigenvalue weighted by molar-refractivity contribution is 0.0629. The average molecular weight is 333 g/mol. The summed E-state index contributed by atoms with van der Waals surface area (Å²) in [6, 6.07) is 4.68. The fourth-order valence-electron chi connectivity index (χ4n) is 4.25. The first kappa shape index (κ1) is 17.5. The van der Waals surface area contributed by atoms with E-state index in [9.17, 15) is 4.79 Å². The van der Waals surface area contributed by atoms with Crippen LogP contribution >= 0.6 is 0 Å². The van der Waals surface area contributed by atoms with Crippen molar-refractivity contribution in [1.82, 2.24) is 14.7 Å². The Balaban J connectivity index is 1.68. The van der Waals surface area contributed by atoms with E-state index < -0.39 is 0 Å². The first-order valence-electron chi connectivity index (χ1n) is 9.46. The minimum absolute atomic E-state index is 0.0728. The minimum atomic E-state index is 0.0728. The largest absolute Gasteiger partial charge is 0.455 e. The molecule has 24 heavy (non-hydrogen) atoms. The molecule has 0 spiro atoms. The molecule has 2 atom stereocenters. The van der Waals surface area contributed by atoms with E-state index in [1.54, 1.807) is 0 Å². The standard InChI is InChI=1S/C19H31N3O2/c1-4-21(5-2)14-15-10-11-18(24-15)19(23)22-13-7-9-17(22)16-8-6-12-20(16)3/h10-11,16-17H,4-9,12-14H2,1-3H3. The summed E-state index contributed by atoms with van der Waals surface area (Å²) in [6.07, 6.45) is 4.67. The fourth-order valence-corrected chi connectivity index (χ4v) is 4.25.